The lowest BCUT2D eigenvalue weighted by molar-refractivity contribution is -0.255. The topological polar surface area (TPSA) is 30.5 Å². The predicted octanol–water partition coefficient (Wildman–Crippen LogP) is 0.274. The molecule has 0 aromatic heterocycles. The summed E-state index contributed by atoms with van der Waals surface area (Å²) in [5, 5.41) is 2.90. The molecule has 3 heteroatoms. The molecule has 1 aliphatic heterocycles. The molecule has 0 aromatic rings. The lowest BCUT2D eigenvalue weighted by atomic mass is 10.4. The van der Waals surface area contributed by atoms with Crippen LogP contribution in [0.3, 0.4) is 0 Å². The van der Waals surface area contributed by atoms with Crippen LogP contribution >= 0.6 is 0 Å². The Labute approximate surface area is 49.0 Å². The highest BCUT2D eigenvalue weighted by atomic mass is 16.7. The predicted molar refractivity (Wildman–Crippen MR) is 29.1 cm³/mol. The second-order valence-electron chi connectivity index (χ2n) is 2.23. The van der Waals surface area contributed by atoms with Gasteiger partial charge in [0.25, 0.3) is 0 Å². The van der Waals surface area contributed by atoms with Crippen LogP contribution in [0.1, 0.15) is 13.8 Å². The molecule has 0 radical (unpaired) electrons. The lowest BCUT2D eigenvalue weighted by Gasteiger charge is -2.30. The van der Waals surface area contributed by atoms with Gasteiger partial charge in [0, 0.05) is 0 Å². The first-order valence-electron chi connectivity index (χ1n) is 2.69. The SMILES string of the molecule is CC1(C)OCNCO1. The van der Waals surface area contributed by atoms with Crippen LogP contribution < -0.4 is 5.32 Å². The van der Waals surface area contributed by atoms with Crippen LogP contribution in [0, 0.1) is 0 Å². The summed E-state index contributed by atoms with van der Waals surface area (Å²) in [4.78, 5) is 0. The Morgan fingerprint density at radius 3 is 2.00 bits per heavy atom. The van der Waals surface area contributed by atoms with Gasteiger partial charge < -0.3 is 9.47 Å². The lowest BCUT2D eigenvalue weighted by Crippen LogP contribution is -2.42. The maximum Gasteiger partial charge on any atom is 0.166 e. The van der Waals surface area contributed by atoms with Crippen LogP contribution in [0.4, 0.5) is 0 Å². The van der Waals surface area contributed by atoms with Crippen molar-refractivity contribution in [1.29, 1.82) is 0 Å². The van der Waals surface area contributed by atoms with Crippen molar-refractivity contribution in [3.8, 4) is 0 Å². The van der Waals surface area contributed by atoms with Crippen LogP contribution in [0.25, 0.3) is 0 Å². The molecule has 0 bridgehead atoms. The Bertz CT molecular complexity index is 74.5. The zero-order valence-corrected chi connectivity index (χ0v) is 5.23. The standard InChI is InChI=1S/C5H11NO2/c1-5(2)7-3-6-4-8-5/h6H,3-4H2,1-2H3. The zero-order valence-electron chi connectivity index (χ0n) is 5.23. The van der Waals surface area contributed by atoms with Gasteiger partial charge in [-0.15, -0.1) is 0 Å². The van der Waals surface area contributed by atoms with Crippen molar-refractivity contribution < 1.29 is 9.47 Å². The van der Waals surface area contributed by atoms with Crippen LogP contribution in [0.15, 0.2) is 0 Å². The van der Waals surface area contributed by atoms with Crippen molar-refractivity contribution in [2.24, 2.45) is 0 Å². The smallest absolute Gasteiger partial charge is 0.166 e. The molecule has 0 aliphatic carbocycles. The van der Waals surface area contributed by atoms with Gasteiger partial charge in [0.1, 0.15) is 13.5 Å². The molecule has 0 amide bonds. The Kier molecular flexibility index (Phi) is 1.51. The zero-order chi connectivity index (χ0) is 6.04. The molecule has 0 saturated carbocycles. The van der Waals surface area contributed by atoms with E-state index in [0.717, 1.165) is 0 Å². The summed E-state index contributed by atoms with van der Waals surface area (Å²) < 4.78 is 10.3. The second kappa shape index (κ2) is 2.01. The van der Waals surface area contributed by atoms with E-state index in [1.54, 1.807) is 0 Å². The average Bonchev–Trinajstić information content (AvgIpc) is 1.65. The third-order valence-electron chi connectivity index (χ3n) is 1.04. The van der Waals surface area contributed by atoms with E-state index >= 15 is 0 Å². The van der Waals surface area contributed by atoms with Crippen LogP contribution in [-0.4, -0.2) is 19.2 Å². The monoisotopic (exact) mass is 117 g/mol. The first-order chi connectivity index (χ1) is 3.71. The fourth-order valence-corrected chi connectivity index (χ4v) is 0.533. The maximum atomic E-state index is 5.13. The van der Waals surface area contributed by atoms with Crippen molar-refractivity contribution >= 4 is 0 Å². The van der Waals surface area contributed by atoms with E-state index in [-0.39, 0.29) is 5.79 Å². The van der Waals surface area contributed by atoms with Gasteiger partial charge in [0.2, 0.25) is 0 Å². The van der Waals surface area contributed by atoms with Gasteiger partial charge >= 0.3 is 0 Å². The number of nitrogens with one attached hydrogen (secondary N) is 1. The number of ether oxygens (including phenoxy) is 2. The third-order valence-corrected chi connectivity index (χ3v) is 1.04. The second-order valence-corrected chi connectivity index (χ2v) is 2.23. The van der Waals surface area contributed by atoms with Crippen LogP contribution in [0.5, 0.6) is 0 Å². The molecule has 48 valence electrons. The largest absolute Gasteiger partial charge is 0.335 e. The summed E-state index contributed by atoms with van der Waals surface area (Å²) in [6, 6.07) is 0. The van der Waals surface area contributed by atoms with E-state index < -0.39 is 0 Å². The summed E-state index contributed by atoms with van der Waals surface area (Å²) in [6.07, 6.45) is 0. The molecule has 1 N–H and O–H groups in total. The number of hydrogen-bond donors (Lipinski definition) is 1. The van der Waals surface area contributed by atoms with E-state index in [2.05, 4.69) is 5.32 Å². The molecule has 1 fully saturated rings. The number of rotatable bonds is 0. The van der Waals surface area contributed by atoms with Crippen molar-refractivity contribution in [3.63, 3.8) is 0 Å². The van der Waals surface area contributed by atoms with Crippen molar-refractivity contribution in [2.45, 2.75) is 19.6 Å². The van der Waals surface area contributed by atoms with E-state index in [1.807, 2.05) is 13.8 Å². The van der Waals surface area contributed by atoms with Gasteiger partial charge in [0.05, 0.1) is 0 Å². The number of hydrogen-bond acceptors (Lipinski definition) is 3. The van der Waals surface area contributed by atoms with Gasteiger partial charge in [0.15, 0.2) is 5.79 Å². The fourth-order valence-electron chi connectivity index (χ4n) is 0.533. The van der Waals surface area contributed by atoms with Crippen LogP contribution in [-0.2, 0) is 9.47 Å². The molecule has 1 rings (SSSR count). The minimum absolute atomic E-state index is 0.384. The fraction of sp³-hybridized carbons (Fsp3) is 1.00. The normalized spacial score (nSPS) is 27.8. The van der Waals surface area contributed by atoms with Crippen molar-refractivity contribution in [3.05, 3.63) is 0 Å². The molecule has 0 atom stereocenters. The van der Waals surface area contributed by atoms with Gasteiger partial charge in [-0.1, -0.05) is 0 Å². The third kappa shape index (κ3) is 1.43. The van der Waals surface area contributed by atoms with E-state index in [9.17, 15) is 0 Å². The summed E-state index contributed by atoms with van der Waals surface area (Å²) in [7, 11) is 0. The highest BCUT2D eigenvalue weighted by Gasteiger charge is 2.21. The van der Waals surface area contributed by atoms with Gasteiger partial charge in [-0.25, -0.2) is 0 Å². The average molecular weight is 117 g/mol. The van der Waals surface area contributed by atoms with Gasteiger partial charge in [-0.2, -0.15) is 0 Å². The first kappa shape index (κ1) is 6.01. The van der Waals surface area contributed by atoms with Gasteiger partial charge in [-0.3, -0.25) is 5.32 Å². The molecule has 8 heavy (non-hydrogen) atoms. The molecule has 3 nitrogen and oxygen atoms in total. The molecule has 1 aliphatic rings. The highest BCUT2D eigenvalue weighted by molar-refractivity contribution is 4.55. The van der Waals surface area contributed by atoms with Gasteiger partial charge in [-0.05, 0) is 13.8 Å². The molecular weight excluding hydrogens is 106 g/mol. The summed E-state index contributed by atoms with van der Waals surface area (Å²) in [5.41, 5.74) is 0. The minimum atomic E-state index is -0.384. The summed E-state index contributed by atoms with van der Waals surface area (Å²) in [5.74, 6) is -0.384. The Hall–Kier alpha value is -0.120. The quantitative estimate of drug-likeness (QED) is 0.494. The minimum Gasteiger partial charge on any atom is -0.335 e. The van der Waals surface area contributed by atoms with Crippen LogP contribution in [0.2, 0.25) is 0 Å². The molecule has 0 spiro atoms. The van der Waals surface area contributed by atoms with Crippen molar-refractivity contribution in [1.82, 2.24) is 5.32 Å². The molecular formula is C5H11NO2. The maximum absolute atomic E-state index is 5.13. The molecule has 1 heterocycles. The van der Waals surface area contributed by atoms with Crippen molar-refractivity contribution in [2.75, 3.05) is 13.5 Å². The summed E-state index contributed by atoms with van der Waals surface area (Å²) >= 11 is 0. The molecule has 1 saturated heterocycles. The summed E-state index contributed by atoms with van der Waals surface area (Å²) in [6.45, 7) is 4.97. The molecule has 0 unspecified atom stereocenters. The Morgan fingerprint density at radius 1 is 1.25 bits per heavy atom. The highest BCUT2D eigenvalue weighted by Crippen LogP contribution is 2.11. The van der Waals surface area contributed by atoms with E-state index in [4.69, 9.17) is 9.47 Å². The first-order valence-corrected chi connectivity index (χ1v) is 2.69. The Balaban J connectivity index is 2.33. The molecule has 0 aromatic carbocycles. The van der Waals surface area contributed by atoms with E-state index in [1.165, 1.54) is 0 Å². The Morgan fingerprint density at radius 2 is 1.75 bits per heavy atom. The van der Waals surface area contributed by atoms with E-state index in [0.29, 0.717) is 13.5 Å².